The summed E-state index contributed by atoms with van der Waals surface area (Å²) < 4.78 is 0.670. The molecule has 4 heteroatoms. The van der Waals surface area contributed by atoms with E-state index < -0.39 is 5.97 Å². The van der Waals surface area contributed by atoms with Gasteiger partial charge in [0.15, 0.2) is 5.71 Å². The van der Waals surface area contributed by atoms with Crippen molar-refractivity contribution in [3.05, 3.63) is 10.2 Å². The first-order valence-electron chi connectivity index (χ1n) is 3.87. The van der Waals surface area contributed by atoms with Crippen molar-refractivity contribution in [2.24, 2.45) is 4.99 Å². The Bertz CT molecular complexity index is 268. The van der Waals surface area contributed by atoms with Crippen LogP contribution >= 0.6 is 15.9 Å². The zero-order valence-corrected chi connectivity index (χ0v) is 8.39. The van der Waals surface area contributed by atoms with E-state index in [1.165, 1.54) is 0 Å². The Labute approximate surface area is 79.3 Å². The number of aliphatic carboxylic acids is 1. The van der Waals surface area contributed by atoms with Crippen LogP contribution in [0, 0.1) is 0 Å². The number of nitrogens with zero attached hydrogens (tertiary/aromatic N) is 1. The predicted molar refractivity (Wildman–Crippen MR) is 50.5 cm³/mol. The highest BCUT2D eigenvalue weighted by atomic mass is 79.9. The van der Waals surface area contributed by atoms with Gasteiger partial charge in [0.25, 0.3) is 0 Å². The lowest BCUT2D eigenvalue weighted by Crippen LogP contribution is -2.20. The van der Waals surface area contributed by atoms with Crippen molar-refractivity contribution in [2.45, 2.75) is 26.2 Å². The highest BCUT2D eigenvalue weighted by Crippen LogP contribution is 2.29. The Morgan fingerprint density at radius 2 is 2.33 bits per heavy atom. The summed E-state index contributed by atoms with van der Waals surface area (Å²) in [6.07, 6.45) is 3.02. The van der Waals surface area contributed by atoms with E-state index in [9.17, 15) is 4.79 Å². The summed E-state index contributed by atoms with van der Waals surface area (Å²) in [5.74, 6) is -0.956. The Morgan fingerprint density at radius 1 is 1.67 bits per heavy atom. The summed E-state index contributed by atoms with van der Waals surface area (Å²) in [7, 11) is 0. The molecule has 0 amide bonds. The van der Waals surface area contributed by atoms with Crippen LogP contribution < -0.4 is 0 Å². The second kappa shape index (κ2) is 3.85. The molecule has 0 spiro atoms. The van der Waals surface area contributed by atoms with Crippen molar-refractivity contribution in [3.63, 3.8) is 0 Å². The van der Waals surface area contributed by atoms with E-state index in [2.05, 4.69) is 27.8 Å². The van der Waals surface area contributed by atoms with E-state index in [1.54, 1.807) is 0 Å². The van der Waals surface area contributed by atoms with Crippen molar-refractivity contribution in [1.29, 1.82) is 0 Å². The quantitative estimate of drug-likeness (QED) is 0.808. The maximum atomic E-state index is 10.4. The summed E-state index contributed by atoms with van der Waals surface area (Å²) in [5.41, 5.74) is 1.04. The van der Waals surface area contributed by atoms with Crippen LogP contribution in [0.5, 0.6) is 0 Å². The minimum atomic E-state index is -0.956. The van der Waals surface area contributed by atoms with Gasteiger partial charge in [0, 0.05) is 0 Å². The molecule has 0 atom stereocenters. The van der Waals surface area contributed by atoms with Gasteiger partial charge in [-0.2, -0.15) is 0 Å². The molecule has 0 fully saturated rings. The van der Waals surface area contributed by atoms with Gasteiger partial charge in [-0.15, -0.1) is 0 Å². The van der Waals surface area contributed by atoms with Crippen molar-refractivity contribution < 1.29 is 9.90 Å². The Hall–Kier alpha value is -0.640. The van der Waals surface area contributed by atoms with Crippen LogP contribution in [0.2, 0.25) is 0 Å². The van der Waals surface area contributed by atoms with E-state index in [0.29, 0.717) is 4.48 Å². The van der Waals surface area contributed by atoms with E-state index in [0.717, 1.165) is 25.0 Å². The SMILES string of the molecule is CCCCC1=C(Br)C(C(=O)O)=N1. The fraction of sp³-hybridized carbons (Fsp3) is 0.500. The van der Waals surface area contributed by atoms with Gasteiger partial charge in [-0.3, -0.25) is 0 Å². The largest absolute Gasteiger partial charge is 0.476 e. The lowest BCUT2D eigenvalue weighted by Gasteiger charge is -2.14. The molecule has 0 unspecified atom stereocenters. The minimum Gasteiger partial charge on any atom is -0.476 e. The van der Waals surface area contributed by atoms with Crippen molar-refractivity contribution in [2.75, 3.05) is 0 Å². The zero-order chi connectivity index (χ0) is 9.14. The number of unbranched alkanes of at least 4 members (excludes halogenated alkanes) is 1. The molecule has 0 saturated carbocycles. The first kappa shape index (κ1) is 9.45. The van der Waals surface area contributed by atoms with Gasteiger partial charge in [-0.1, -0.05) is 13.3 Å². The molecule has 1 N–H and O–H groups in total. The third kappa shape index (κ3) is 1.75. The topological polar surface area (TPSA) is 49.7 Å². The number of rotatable bonds is 4. The van der Waals surface area contributed by atoms with Crippen LogP contribution in [0.3, 0.4) is 0 Å². The second-order valence-corrected chi connectivity index (χ2v) is 3.42. The fourth-order valence-electron chi connectivity index (χ4n) is 0.968. The van der Waals surface area contributed by atoms with Crippen LogP contribution in [0.4, 0.5) is 0 Å². The van der Waals surface area contributed by atoms with Crippen LogP contribution in [-0.4, -0.2) is 16.8 Å². The molecule has 12 heavy (non-hydrogen) atoms. The monoisotopic (exact) mass is 231 g/mol. The second-order valence-electron chi connectivity index (χ2n) is 2.63. The molecular formula is C8H10BrNO2. The molecule has 1 rings (SSSR count). The third-order valence-electron chi connectivity index (χ3n) is 1.68. The molecule has 0 bridgehead atoms. The van der Waals surface area contributed by atoms with E-state index in [4.69, 9.17) is 5.11 Å². The highest BCUT2D eigenvalue weighted by Gasteiger charge is 2.25. The Balaban J connectivity index is 2.47. The molecule has 0 aromatic carbocycles. The summed E-state index contributed by atoms with van der Waals surface area (Å²) in [6.45, 7) is 2.09. The third-order valence-corrected chi connectivity index (χ3v) is 2.51. The van der Waals surface area contributed by atoms with Crippen LogP contribution in [0.1, 0.15) is 26.2 Å². The summed E-state index contributed by atoms with van der Waals surface area (Å²) >= 11 is 3.19. The average molecular weight is 232 g/mol. The van der Waals surface area contributed by atoms with E-state index in [1.807, 2.05) is 0 Å². The predicted octanol–water partition coefficient (Wildman–Crippen LogP) is 2.32. The molecule has 66 valence electrons. The van der Waals surface area contributed by atoms with Gasteiger partial charge in [-0.05, 0) is 28.8 Å². The van der Waals surface area contributed by atoms with Gasteiger partial charge >= 0.3 is 5.97 Å². The molecule has 1 heterocycles. The molecular weight excluding hydrogens is 222 g/mol. The standard InChI is InChI=1S/C8H10BrNO2/c1-2-3-4-5-6(9)7(10-5)8(11)12/h2-4H2,1H3,(H,11,12). The fourth-order valence-corrected chi connectivity index (χ4v) is 1.51. The molecule has 1 aliphatic rings. The molecule has 1 aliphatic heterocycles. The number of hydrogen-bond donors (Lipinski definition) is 1. The van der Waals surface area contributed by atoms with Gasteiger partial charge in [0.05, 0.1) is 10.2 Å². The lowest BCUT2D eigenvalue weighted by atomic mass is 10.1. The number of carbonyl (C=O) groups is 1. The number of carboxylic acid groups (broad SMARTS) is 1. The first-order valence-corrected chi connectivity index (χ1v) is 4.67. The highest BCUT2D eigenvalue weighted by molar-refractivity contribution is 9.12. The smallest absolute Gasteiger partial charge is 0.355 e. The minimum absolute atomic E-state index is 0.154. The molecule has 0 aromatic rings. The zero-order valence-electron chi connectivity index (χ0n) is 6.80. The van der Waals surface area contributed by atoms with Gasteiger partial charge < -0.3 is 5.11 Å². The molecule has 3 nitrogen and oxygen atoms in total. The van der Waals surface area contributed by atoms with Gasteiger partial charge in [0.1, 0.15) is 0 Å². The Morgan fingerprint density at radius 3 is 2.75 bits per heavy atom. The Kier molecular flexibility index (Phi) is 3.03. The van der Waals surface area contributed by atoms with E-state index in [-0.39, 0.29) is 5.71 Å². The van der Waals surface area contributed by atoms with Crippen molar-refractivity contribution in [3.8, 4) is 0 Å². The van der Waals surface area contributed by atoms with Crippen LogP contribution in [0.15, 0.2) is 15.2 Å². The average Bonchev–Trinajstić information content (AvgIpc) is 2.01. The number of aliphatic imine (C=N–C) groups is 1. The lowest BCUT2D eigenvalue weighted by molar-refractivity contribution is -0.129. The molecule has 0 aliphatic carbocycles. The number of allylic oxidation sites excluding steroid dienone is 1. The summed E-state index contributed by atoms with van der Waals surface area (Å²) in [5, 5.41) is 8.55. The molecule has 0 aromatic heterocycles. The van der Waals surface area contributed by atoms with Gasteiger partial charge in [-0.25, -0.2) is 9.79 Å². The number of hydrogen-bond acceptors (Lipinski definition) is 2. The normalized spacial score (nSPS) is 15.7. The summed E-state index contributed by atoms with van der Waals surface area (Å²) in [4.78, 5) is 14.3. The summed E-state index contributed by atoms with van der Waals surface area (Å²) in [6, 6.07) is 0. The van der Waals surface area contributed by atoms with Crippen molar-refractivity contribution >= 4 is 27.6 Å². The van der Waals surface area contributed by atoms with E-state index >= 15 is 0 Å². The number of carboxylic acids is 1. The molecule has 0 saturated heterocycles. The maximum absolute atomic E-state index is 10.4. The van der Waals surface area contributed by atoms with Crippen molar-refractivity contribution in [1.82, 2.24) is 0 Å². The molecule has 0 radical (unpaired) electrons. The van der Waals surface area contributed by atoms with Gasteiger partial charge in [0.2, 0.25) is 0 Å². The van der Waals surface area contributed by atoms with Crippen LogP contribution in [0.25, 0.3) is 0 Å². The number of halogens is 1. The maximum Gasteiger partial charge on any atom is 0.355 e. The van der Waals surface area contributed by atoms with Crippen LogP contribution in [-0.2, 0) is 4.79 Å². The first-order chi connectivity index (χ1) is 5.66.